The highest BCUT2D eigenvalue weighted by atomic mass is 79.9. The van der Waals surface area contributed by atoms with Crippen LogP contribution in [0.2, 0.25) is 0 Å². The SMILES string of the molecule is Cc1cc2nc(C(=O)N3CC[C@]4(Cc5ccccc5CN4)[C@H](O)C3)cn2cc1Br. The highest BCUT2D eigenvalue weighted by molar-refractivity contribution is 9.10. The van der Waals surface area contributed by atoms with Gasteiger partial charge in [0.15, 0.2) is 0 Å². The number of hydrogen-bond donors (Lipinski definition) is 2. The second kappa shape index (κ2) is 6.93. The van der Waals surface area contributed by atoms with E-state index in [1.165, 1.54) is 11.1 Å². The normalized spacial score (nSPS) is 24.1. The van der Waals surface area contributed by atoms with E-state index in [0.717, 1.165) is 28.6 Å². The van der Waals surface area contributed by atoms with Crippen LogP contribution in [0.3, 0.4) is 0 Å². The van der Waals surface area contributed by atoms with Crippen LogP contribution in [-0.2, 0) is 13.0 Å². The van der Waals surface area contributed by atoms with E-state index in [1.54, 1.807) is 11.1 Å². The van der Waals surface area contributed by atoms with Crippen LogP contribution < -0.4 is 5.32 Å². The predicted octanol–water partition coefficient (Wildman–Crippen LogP) is 2.70. The molecule has 7 heteroatoms. The lowest BCUT2D eigenvalue weighted by Crippen LogP contribution is -2.65. The standard InChI is InChI=1S/C22H23BrN4O2/c1-14-8-20-25-18(12-27(20)11-17(14)23)21(29)26-7-6-22(19(28)13-26)9-15-4-2-3-5-16(15)10-24-22/h2-5,8,11-12,19,24,28H,6-7,9-10,13H2,1H3/t19-,22+/m1/s1. The van der Waals surface area contributed by atoms with E-state index in [-0.39, 0.29) is 11.4 Å². The molecule has 1 spiro atoms. The minimum atomic E-state index is -0.623. The van der Waals surface area contributed by atoms with Crippen LogP contribution in [0.25, 0.3) is 5.65 Å². The number of β-amino-alcohol motifs (C(OH)–C–C–N with tert-alkyl or cyclic N) is 1. The Balaban J connectivity index is 1.35. The van der Waals surface area contributed by atoms with Crippen LogP contribution >= 0.6 is 15.9 Å². The van der Waals surface area contributed by atoms with Crippen molar-refractivity contribution in [3.8, 4) is 0 Å². The van der Waals surface area contributed by atoms with Crippen molar-refractivity contribution in [2.24, 2.45) is 0 Å². The fourth-order valence-corrected chi connectivity index (χ4v) is 4.85. The fraction of sp³-hybridized carbons (Fsp3) is 0.364. The minimum Gasteiger partial charge on any atom is -0.389 e. The molecular weight excluding hydrogens is 432 g/mol. The third-order valence-corrected chi connectivity index (χ3v) is 7.19. The zero-order chi connectivity index (χ0) is 20.2. The summed E-state index contributed by atoms with van der Waals surface area (Å²) >= 11 is 3.52. The van der Waals surface area contributed by atoms with Crippen molar-refractivity contribution in [2.45, 2.75) is 38.0 Å². The molecule has 1 amide bonds. The van der Waals surface area contributed by atoms with E-state index in [1.807, 2.05) is 35.7 Å². The molecule has 29 heavy (non-hydrogen) atoms. The monoisotopic (exact) mass is 454 g/mol. The Morgan fingerprint density at radius 1 is 1.31 bits per heavy atom. The molecule has 2 aromatic heterocycles. The first-order valence-corrected chi connectivity index (χ1v) is 10.7. The van der Waals surface area contributed by atoms with Gasteiger partial charge in [-0.15, -0.1) is 0 Å². The highest BCUT2D eigenvalue weighted by Crippen LogP contribution is 2.32. The van der Waals surface area contributed by atoms with Gasteiger partial charge in [-0.2, -0.15) is 0 Å². The minimum absolute atomic E-state index is 0.132. The highest BCUT2D eigenvalue weighted by Gasteiger charge is 2.45. The van der Waals surface area contributed by atoms with Crippen molar-refractivity contribution in [3.05, 3.63) is 69.6 Å². The van der Waals surface area contributed by atoms with Gasteiger partial charge in [-0.25, -0.2) is 4.98 Å². The van der Waals surface area contributed by atoms with E-state index in [4.69, 9.17) is 0 Å². The third kappa shape index (κ3) is 3.17. The largest absolute Gasteiger partial charge is 0.389 e. The average molecular weight is 455 g/mol. The third-order valence-electron chi connectivity index (χ3n) is 6.36. The quantitative estimate of drug-likeness (QED) is 0.592. The molecule has 0 aliphatic carbocycles. The molecule has 3 aromatic rings. The van der Waals surface area contributed by atoms with Gasteiger partial charge in [-0.05, 0) is 58.5 Å². The van der Waals surface area contributed by atoms with Crippen LogP contribution in [-0.4, -0.2) is 50.0 Å². The van der Waals surface area contributed by atoms with Gasteiger partial charge in [0.05, 0.1) is 11.6 Å². The van der Waals surface area contributed by atoms with Crippen molar-refractivity contribution in [2.75, 3.05) is 13.1 Å². The number of fused-ring (bicyclic) bond motifs is 2. The number of hydrogen-bond acceptors (Lipinski definition) is 4. The average Bonchev–Trinajstić information content (AvgIpc) is 3.12. The van der Waals surface area contributed by atoms with E-state index < -0.39 is 6.10 Å². The maximum Gasteiger partial charge on any atom is 0.274 e. The number of imidazole rings is 1. The summed E-state index contributed by atoms with van der Waals surface area (Å²) in [7, 11) is 0. The van der Waals surface area contributed by atoms with E-state index in [0.29, 0.717) is 25.2 Å². The number of aryl methyl sites for hydroxylation is 1. The first kappa shape index (κ1) is 18.8. The van der Waals surface area contributed by atoms with Gasteiger partial charge >= 0.3 is 0 Å². The molecule has 2 aliphatic rings. The Kier molecular flexibility index (Phi) is 4.49. The van der Waals surface area contributed by atoms with Gasteiger partial charge in [0.2, 0.25) is 0 Å². The maximum atomic E-state index is 13.1. The molecule has 2 aliphatic heterocycles. The Hall–Kier alpha value is -2.22. The van der Waals surface area contributed by atoms with Crippen molar-refractivity contribution in [3.63, 3.8) is 0 Å². The van der Waals surface area contributed by atoms with Crippen molar-refractivity contribution < 1.29 is 9.90 Å². The Morgan fingerprint density at radius 3 is 2.90 bits per heavy atom. The predicted molar refractivity (Wildman–Crippen MR) is 114 cm³/mol. The zero-order valence-electron chi connectivity index (χ0n) is 16.2. The molecule has 4 heterocycles. The number of carbonyl (C=O) groups excluding carboxylic acids is 1. The molecule has 2 N–H and O–H groups in total. The van der Waals surface area contributed by atoms with Gasteiger partial charge < -0.3 is 19.7 Å². The molecule has 0 saturated carbocycles. The summed E-state index contributed by atoms with van der Waals surface area (Å²) < 4.78 is 2.83. The maximum absolute atomic E-state index is 13.1. The number of likely N-dealkylation sites (tertiary alicyclic amines) is 1. The lowest BCUT2D eigenvalue weighted by molar-refractivity contribution is -0.0140. The summed E-state index contributed by atoms with van der Waals surface area (Å²) in [5.74, 6) is -0.132. The van der Waals surface area contributed by atoms with E-state index in [9.17, 15) is 9.90 Å². The van der Waals surface area contributed by atoms with Crippen molar-refractivity contribution in [1.29, 1.82) is 0 Å². The van der Waals surface area contributed by atoms with Crippen LogP contribution in [0.5, 0.6) is 0 Å². The second-order valence-corrected chi connectivity index (χ2v) is 9.02. The van der Waals surface area contributed by atoms with Crippen LogP contribution in [0, 0.1) is 6.92 Å². The molecule has 0 bridgehead atoms. The number of piperidine rings is 1. The molecule has 0 unspecified atom stereocenters. The van der Waals surface area contributed by atoms with E-state index >= 15 is 0 Å². The number of aromatic nitrogens is 2. The summed E-state index contributed by atoms with van der Waals surface area (Å²) in [6.45, 7) is 3.66. The second-order valence-electron chi connectivity index (χ2n) is 8.17. The summed E-state index contributed by atoms with van der Waals surface area (Å²) in [4.78, 5) is 19.3. The summed E-state index contributed by atoms with van der Waals surface area (Å²) in [6.07, 6.45) is 4.55. The number of pyridine rings is 1. The first-order valence-electron chi connectivity index (χ1n) is 9.89. The van der Waals surface area contributed by atoms with Gasteiger partial charge in [0.1, 0.15) is 11.3 Å². The Labute approximate surface area is 177 Å². The van der Waals surface area contributed by atoms with Crippen LogP contribution in [0.15, 0.2) is 47.2 Å². The smallest absolute Gasteiger partial charge is 0.274 e. The fourth-order valence-electron chi connectivity index (χ4n) is 4.52. The molecule has 1 fully saturated rings. The zero-order valence-corrected chi connectivity index (χ0v) is 17.8. The first-order chi connectivity index (χ1) is 13.9. The number of rotatable bonds is 1. The van der Waals surface area contributed by atoms with Crippen molar-refractivity contribution in [1.82, 2.24) is 19.6 Å². The number of benzene rings is 1. The lowest BCUT2D eigenvalue weighted by Gasteiger charge is -2.48. The van der Waals surface area contributed by atoms with Gasteiger partial charge in [-0.1, -0.05) is 24.3 Å². The Bertz CT molecular complexity index is 1070. The molecule has 2 atom stereocenters. The summed E-state index contributed by atoms with van der Waals surface area (Å²) in [5, 5.41) is 14.6. The molecule has 5 rings (SSSR count). The number of carbonyl (C=O) groups is 1. The molecule has 0 radical (unpaired) electrons. The molecule has 1 saturated heterocycles. The van der Waals surface area contributed by atoms with Gasteiger partial charge in [-0.3, -0.25) is 4.79 Å². The van der Waals surface area contributed by atoms with Gasteiger partial charge in [0, 0.05) is 36.5 Å². The molecule has 150 valence electrons. The van der Waals surface area contributed by atoms with Crippen molar-refractivity contribution >= 4 is 27.5 Å². The van der Waals surface area contributed by atoms with Gasteiger partial charge in [0.25, 0.3) is 5.91 Å². The van der Waals surface area contributed by atoms with Crippen LogP contribution in [0.4, 0.5) is 0 Å². The number of aliphatic hydroxyl groups is 1. The number of aliphatic hydroxyl groups excluding tert-OH is 1. The number of halogens is 1. The van der Waals surface area contributed by atoms with E-state index in [2.05, 4.69) is 38.4 Å². The molecular formula is C22H23BrN4O2. The number of nitrogens with zero attached hydrogens (tertiary/aromatic N) is 3. The van der Waals surface area contributed by atoms with Crippen LogP contribution in [0.1, 0.15) is 33.6 Å². The Morgan fingerprint density at radius 2 is 2.10 bits per heavy atom. The molecule has 1 aromatic carbocycles. The topological polar surface area (TPSA) is 69.9 Å². The summed E-state index contributed by atoms with van der Waals surface area (Å²) in [6, 6.07) is 10.3. The lowest BCUT2D eigenvalue weighted by atomic mass is 9.76. The molecule has 6 nitrogen and oxygen atoms in total. The number of amides is 1. The summed E-state index contributed by atoms with van der Waals surface area (Å²) in [5.41, 5.74) is 4.43. The number of nitrogens with one attached hydrogen (secondary N) is 1.